The Bertz CT molecular complexity index is 147. The zero-order chi connectivity index (χ0) is 10.0. The second-order valence-corrected chi connectivity index (χ2v) is 3.53. The Labute approximate surface area is 81.7 Å². The lowest BCUT2D eigenvalue weighted by Crippen LogP contribution is -2.57. The van der Waals surface area contributed by atoms with Gasteiger partial charge in [0.05, 0.1) is 24.1 Å². The van der Waals surface area contributed by atoms with Gasteiger partial charge in [0.1, 0.15) is 6.10 Å². The molecule has 0 radical (unpaired) electrons. The molecule has 5 nitrogen and oxygen atoms in total. The molecule has 1 heterocycles. The third-order valence-electron chi connectivity index (χ3n) is 2.08. The highest BCUT2D eigenvalue weighted by Gasteiger charge is 2.42. The first-order valence-corrected chi connectivity index (χ1v) is 4.46. The van der Waals surface area contributed by atoms with Gasteiger partial charge >= 0.3 is 0 Å². The van der Waals surface area contributed by atoms with Gasteiger partial charge in [0.25, 0.3) is 0 Å². The number of ether oxygens (including phenoxy) is 2. The molecule has 1 aliphatic heterocycles. The van der Waals surface area contributed by atoms with Crippen LogP contribution in [-0.4, -0.2) is 58.9 Å². The maximum atomic E-state index is 9.45. The van der Waals surface area contributed by atoms with Gasteiger partial charge < -0.3 is 24.8 Å². The molecule has 3 N–H and O–H groups in total. The summed E-state index contributed by atoms with van der Waals surface area (Å²) in [5.74, 6) is 0. The van der Waals surface area contributed by atoms with E-state index < -0.39 is 29.9 Å². The van der Waals surface area contributed by atoms with E-state index in [2.05, 4.69) is 12.6 Å². The lowest BCUT2D eigenvalue weighted by molar-refractivity contribution is -0.259. The Hall–Kier alpha value is 0.150. The van der Waals surface area contributed by atoms with Crippen molar-refractivity contribution in [1.82, 2.24) is 0 Å². The van der Waals surface area contributed by atoms with Crippen LogP contribution >= 0.6 is 12.6 Å². The van der Waals surface area contributed by atoms with E-state index in [-0.39, 0.29) is 6.61 Å². The summed E-state index contributed by atoms with van der Waals surface area (Å²) >= 11 is 4.02. The summed E-state index contributed by atoms with van der Waals surface area (Å²) in [5, 5.41) is 27.1. The molecule has 0 aliphatic carbocycles. The zero-order valence-corrected chi connectivity index (χ0v) is 8.09. The van der Waals surface area contributed by atoms with Gasteiger partial charge in [-0.1, -0.05) is 0 Å². The maximum absolute atomic E-state index is 9.45. The van der Waals surface area contributed by atoms with E-state index >= 15 is 0 Å². The lowest BCUT2D eigenvalue weighted by Gasteiger charge is -2.39. The highest BCUT2D eigenvalue weighted by Crippen LogP contribution is 2.24. The number of aliphatic hydroxyl groups is 3. The molecule has 0 aromatic rings. The van der Waals surface area contributed by atoms with Crippen LogP contribution in [0.2, 0.25) is 0 Å². The molecule has 78 valence electrons. The molecule has 1 rings (SSSR count). The van der Waals surface area contributed by atoms with Gasteiger partial charge in [0, 0.05) is 7.11 Å². The SMILES string of the molecule is CO[C@@H]1O[C@H](CO)[C@@H](S)[C@H](O)[C@H]1O. The first-order valence-electron chi connectivity index (χ1n) is 3.95. The summed E-state index contributed by atoms with van der Waals surface area (Å²) in [6.07, 6.45) is -3.71. The number of rotatable bonds is 2. The summed E-state index contributed by atoms with van der Waals surface area (Å²) in [6, 6.07) is 0. The number of methoxy groups -OCH3 is 1. The van der Waals surface area contributed by atoms with Gasteiger partial charge in [0.2, 0.25) is 0 Å². The van der Waals surface area contributed by atoms with Crippen LogP contribution in [0.1, 0.15) is 0 Å². The average molecular weight is 210 g/mol. The molecule has 0 unspecified atom stereocenters. The van der Waals surface area contributed by atoms with Crippen LogP contribution in [-0.2, 0) is 9.47 Å². The van der Waals surface area contributed by atoms with Gasteiger partial charge in [-0.05, 0) is 0 Å². The van der Waals surface area contributed by atoms with Gasteiger partial charge in [-0.2, -0.15) is 12.6 Å². The molecule has 13 heavy (non-hydrogen) atoms. The summed E-state index contributed by atoms with van der Waals surface area (Å²) in [5.41, 5.74) is 0. The molecule has 0 saturated carbocycles. The Morgan fingerprint density at radius 2 is 2.00 bits per heavy atom. The van der Waals surface area contributed by atoms with Gasteiger partial charge in [-0.15, -0.1) is 0 Å². The van der Waals surface area contributed by atoms with E-state index in [4.69, 9.17) is 14.6 Å². The molecule has 0 bridgehead atoms. The van der Waals surface area contributed by atoms with E-state index in [0.29, 0.717) is 0 Å². The fourth-order valence-corrected chi connectivity index (χ4v) is 1.60. The molecule has 0 aromatic carbocycles. The summed E-state index contributed by atoms with van der Waals surface area (Å²) in [6.45, 7) is -0.266. The van der Waals surface area contributed by atoms with Crippen molar-refractivity contribution in [2.45, 2.75) is 29.9 Å². The third kappa shape index (κ3) is 2.15. The quantitative estimate of drug-likeness (QED) is 0.412. The van der Waals surface area contributed by atoms with E-state index in [9.17, 15) is 10.2 Å². The first-order chi connectivity index (χ1) is 6.11. The van der Waals surface area contributed by atoms with Crippen molar-refractivity contribution in [1.29, 1.82) is 0 Å². The van der Waals surface area contributed by atoms with Crippen molar-refractivity contribution in [3.8, 4) is 0 Å². The summed E-state index contributed by atoms with van der Waals surface area (Å²) < 4.78 is 9.90. The fourth-order valence-electron chi connectivity index (χ4n) is 1.26. The normalized spacial score (nSPS) is 46.4. The van der Waals surface area contributed by atoms with Crippen LogP contribution in [0.25, 0.3) is 0 Å². The average Bonchev–Trinajstić information content (AvgIpc) is 2.15. The molecule has 1 aliphatic rings. The predicted molar refractivity (Wildman–Crippen MR) is 47.5 cm³/mol. The van der Waals surface area contributed by atoms with Crippen molar-refractivity contribution in [2.75, 3.05) is 13.7 Å². The second kappa shape index (κ2) is 4.59. The first kappa shape index (κ1) is 11.2. The zero-order valence-electron chi connectivity index (χ0n) is 7.20. The Morgan fingerprint density at radius 1 is 1.38 bits per heavy atom. The number of aliphatic hydroxyl groups excluding tert-OH is 3. The van der Waals surface area contributed by atoms with Gasteiger partial charge in [0.15, 0.2) is 6.29 Å². The second-order valence-electron chi connectivity index (χ2n) is 2.93. The molecule has 0 aromatic heterocycles. The van der Waals surface area contributed by atoms with Crippen molar-refractivity contribution < 1.29 is 24.8 Å². The van der Waals surface area contributed by atoms with Crippen LogP contribution in [0.3, 0.4) is 0 Å². The van der Waals surface area contributed by atoms with Crippen molar-refractivity contribution in [2.24, 2.45) is 0 Å². The largest absolute Gasteiger partial charge is 0.394 e. The van der Waals surface area contributed by atoms with E-state index in [1.54, 1.807) is 0 Å². The Morgan fingerprint density at radius 3 is 2.46 bits per heavy atom. The highest BCUT2D eigenvalue weighted by molar-refractivity contribution is 7.81. The summed E-state index contributed by atoms with van der Waals surface area (Å²) in [7, 11) is 1.36. The maximum Gasteiger partial charge on any atom is 0.186 e. The molecule has 6 heteroatoms. The van der Waals surface area contributed by atoms with Crippen molar-refractivity contribution in [3.63, 3.8) is 0 Å². The van der Waals surface area contributed by atoms with Crippen LogP contribution in [0.5, 0.6) is 0 Å². The molecule has 0 amide bonds. The molecular formula is C7H14O5S. The van der Waals surface area contributed by atoms with Crippen LogP contribution in [0.15, 0.2) is 0 Å². The van der Waals surface area contributed by atoms with Crippen LogP contribution in [0, 0.1) is 0 Å². The third-order valence-corrected chi connectivity index (χ3v) is 2.72. The molecule has 0 spiro atoms. The van der Waals surface area contributed by atoms with E-state index in [0.717, 1.165) is 0 Å². The topological polar surface area (TPSA) is 79.2 Å². The fraction of sp³-hybridized carbons (Fsp3) is 1.00. The monoisotopic (exact) mass is 210 g/mol. The molecule has 1 fully saturated rings. The molecule has 5 atom stereocenters. The van der Waals surface area contributed by atoms with Crippen LogP contribution in [0.4, 0.5) is 0 Å². The highest BCUT2D eigenvalue weighted by atomic mass is 32.1. The van der Waals surface area contributed by atoms with Crippen LogP contribution < -0.4 is 0 Å². The number of thiol groups is 1. The number of hydrogen-bond acceptors (Lipinski definition) is 6. The predicted octanol–water partition coefficient (Wildman–Crippen LogP) is -1.63. The van der Waals surface area contributed by atoms with Gasteiger partial charge in [-0.25, -0.2) is 0 Å². The van der Waals surface area contributed by atoms with E-state index in [1.807, 2.05) is 0 Å². The smallest absolute Gasteiger partial charge is 0.186 e. The Kier molecular flexibility index (Phi) is 3.96. The van der Waals surface area contributed by atoms with Gasteiger partial charge in [-0.3, -0.25) is 0 Å². The van der Waals surface area contributed by atoms with E-state index in [1.165, 1.54) is 7.11 Å². The number of hydrogen-bond donors (Lipinski definition) is 4. The molecule has 1 saturated heterocycles. The summed E-state index contributed by atoms with van der Waals surface area (Å²) in [4.78, 5) is 0. The minimum Gasteiger partial charge on any atom is -0.394 e. The lowest BCUT2D eigenvalue weighted by atomic mass is 10.0. The minimum atomic E-state index is -1.13. The Balaban J connectivity index is 2.66. The molecular weight excluding hydrogens is 196 g/mol. The van der Waals surface area contributed by atoms with Crippen molar-refractivity contribution in [3.05, 3.63) is 0 Å². The van der Waals surface area contributed by atoms with Crippen molar-refractivity contribution >= 4 is 12.6 Å². The standard InChI is InChI=1S/C7H14O5S/c1-11-7-5(10)4(9)6(13)3(2-8)12-7/h3-10,13H,2H2,1H3/t3-,4-,5-,6-,7-/m1/s1. The minimum absolute atomic E-state index is 0.266.